The molecule has 0 saturated carbocycles. The molecule has 2 aromatic heterocycles. The maximum atomic E-state index is 12.4. The Balaban J connectivity index is 1.56. The summed E-state index contributed by atoms with van der Waals surface area (Å²) in [4.78, 5) is 19.8. The maximum Gasteiger partial charge on any atom is 0.246 e. The summed E-state index contributed by atoms with van der Waals surface area (Å²) in [5.74, 6) is 0.499. The summed E-state index contributed by atoms with van der Waals surface area (Å²) in [7, 11) is -3.90. The van der Waals surface area contributed by atoms with Gasteiger partial charge in [-0.1, -0.05) is 17.3 Å². The number of aromatic nitrogens is 3. The standard InChI is InChI=1S/C17H21N5O4S/c1-10-16(12(3)26-21-10)27(24,25)22-11(2)17(23)18-9-8-15-19-13-6-4-5-7-14(13)20-15/h4-7,11,22H,8-9H2,1-3H3,(H,18,23)(H,19,20)/t11-/m0/s1. The second kappa shape index (κ2) is 7.49. The second-order valence-electron chi connectivity index (χ2n) is 6.24. The first-order valence-electron chi connectivity index (χ1n) is 8.44. The molecular weight excluding hydrogens is 370 g/mol. The van der Waals surface area contributed by atoms with Crippen molar-refractivity contribution < 1.29 is 17.7 Å². The van der Waals surface area contributed by atoms with Gasteiger partial charge in [-0.05, 0) is 32.9 Å². The van der Waals surface area contributed by atoms with Crippen LogP contribution in [0.1, 0.15) is 24.2 Å². The molecule has 144 valence electrons. The quantitative estimate of drug-likeness (QED) is 0.555. The summed E-state index contributed by atoms with van der Waals surface area (Å²) in [6, 6.07) is 6.70. The molecule has 0 bridgehead atoms. The molecule has 0 unspecified atom stereocenters. The summed E-state index contributed by atoms with van der Waals surface area (Å²) in [6.07, 6.45) is 0.504. The highest BCUT2D eigenvalue weighted by Crippen LogP contribution is 2.18. The van der Waals surface area contributed by atoms with E-state index in [1.807, 2.05) is 24.3 Å². The summed E-state index contributed by atoms with van der Waals surface area (Å²) in [5.41, 5.74) is 2.04. The number of carbonyl (C=O) groups is 1. The van der Waals surface area contributed by atoms with Crippen LogP contribution in [0.25, 0.3) is 11.0 Å². The zero-order chi connectivity index (χ0) is 19.6. The fraction of sp³-hybridized carbons (Fsp3) is 0.353. The van der Waals surface area contributed by atoms with Crippen molar-refractivity contribution >= 4 is 27.0 Å². The first-order chi connectivity index (χ1) is 12.8. The third-order valence-corrected chi connectivity index (χ3v) is 5.85. The van der Waals surface area contributed by atoms with E-state index in [1.54, 1.807) is 0 Å². The Morgan fingerprint density at radius 2 is 2.04 bits per heavy atom. The second-order valence-corrected chi connectivity index (χ2v) is 7.89. The maximum absolute atomic E-state index is 12.4. The van der Waals surface area contributed by atoms with Gasteiger partial charge < -0.3 is 14.8 Å². The number of hydrogen-bond donors (Lipinski definition) is 3. The van der Waals surface area contributed by atoms with Gasteiger partial charge >= 0.3 is 0 Å². The zero-order valence-electron chi connectivity index (χ0n) is 15.2. The number of nitrogens with zero attached hydrogens (tertiary/aromatic N) is 2. The molecule has 0 saturated heterocycles. The van der Waals surface area contributed by atoms with Crippen molar-refractivity contribution in [2.45, 2.75) is 38.1 Å². The van der Waals surface area contributed by atoms with E-state index in [4.69, 9.17) is 4.52 Å². The number of aromatic amines is 1. The molecule has 0 spiro atoms. The number of rotatable bonds is 7. The first-order valence-corrected chi connectivity index (χ1v) is 9.93. The number of H-pyrrole nitrogens is 1. The molecule has 0 radical (unpaired) electrons. The number of hydrogen-bond acceptors (Lipinski definition) is 6. The molecule has 3 aromatic rings. The van der Waals surface area contributed by atoms with E-state index >= 15 is 0 Å². The summed E-state index contributed by atoms with van der Waals surface area (Å²) in [5, 5.41) is 6.34. The highest BCUT2D eigenvalue weighted by Gasteiger charge is 2.27. The highest BCUT2D eigenvalue weighted by molar-refractivity contribution is 7.89. The fourth-order valence-corrected chi connectivity index (χ4v) is 4.32. The van der Waals surface area contributed by atoms with Gasteiger partial charge in [0.15, 0.2) is 5.76 Å². The van der Waals surface area contributed by atoms with Gasteiger partial charge in [0, 0.05) is 13.0 Å². The van der Waals surface area contributed by atoms with Crippen molar-refractivity contribution in [3.05, 3.63) is 41.5 Å². The van der Waals surface area contributed by atoms with Gasteiger partial charge in [0.1, 0.15) is 16.4 Å². The molecule has 27 heavy (non-hydrogen) atoms. The van der Waals surface area contributed by atoms with Crippen LogP contribution in [-0.4, -0.2) is 42.0 Å². The van der Waals surface area contributed by atoms with Crippen molar-refractivity contribution in [3.63, 3.8) is 0 Å². The topological polar surface area (TPSA) is 130 Å². The number of carbonyl (C=O) groups excluding carboxylic acids is 1. The minimum absolute atomic E-state index is 0.0376. The Hall–Kier alpha value is -2.72. The van der Waals surface area contributed by atoms with E-state index in [9.17, 15) is 13.2 Å². The lowest BCUT2D eigenvalue weighted by Gasteiger charge is -2.14. The van der Waals surface area contributed by atoms with Crippen LogP contribution in [0.5, 0.6) is 0 Å². The number of sulfonamides is 1. The summed E-state index contributed by atoms with van der Waals surface area (Å²) >= 11 is 0. The van der Waals surface area contributed by atoms with Gasteiger partial charge in [-0.25, -0.2) is 13.4 Å². The van der Waals surface area contributed by atoms with Crippen LogP contribution < -0.4 is 10.0 Å². The lowest BCUT2D eigenvalue weighted by molar-refractivity contribution is -0.122. The van der Waals surface area contributed by atoms with Crippen LogP contribution in [0.4, 0.5) is 0 Å². The predicted octanol–water partition coefficient (Wildman–Crippen LogP) is 1.19. The average molecular weight is 391 g/mol. The minimum Gasteiger partial charge on any atom is -0.360 e. The van der Waals surface area contributed by atoms with E-state index in [1.165, 1.54) is 20.8 Å². The molecule has 1 amide bonds. The zero-order valence-corrected chi connectivity index (χ0v) is 16.1. The van der Waals surface area contributed by atoms with E-state index < -0.39 is 22.0 Å². The number of amides is 1. The molecular formula is C17H21N5O4S. The number of nitrogens with one attached hydrogen (secondary N) is 3. The lowest BCUT2D eigenvalue weighted by atomic mass is 10.3. The smallest absolute Gasteiger partial charge is 0.246 e. The fourth-order valence-electron chi connectivity index (χ4n) is 2.78. The number of imidazole rings is 1. The van der Waals surface area contributed by atoms with Crippen molar-refractivity contribution in [2.24, 2.45) is 0 Å². The van der Waals surface area contributed by atoms with Crippen LogP contribution in [0.3, 0.4) is 0 Å². The van der Waals surface area contributed by atoms with E-state index in [0.29, 0.717) is 13.0 Å². The van der Waals surface area contributed by atoms with Gasteiger partial charge in [0.05, 0.1) is 17.1 Å². The molecule has 10 heteroatoms. The van der Waals surface area contributed by atoms with Crippen molar-refractivity contribution in [1.82, 2.24) is 25.2 Å². The van der Waals surface area contributed by atoms with Crippen molar-refractivity contribution in [1.29, 1.82) is 0 Å². The summed E-state index contributed by atoms with van der Waals surface area (Å²) in [6.45, 7) is 4.85. The predicted molar refractivity (Wildman–Crippen MR) is 98.6 cm³/mol. The Labute approximate surface area is 156 Å². The van der Waals surface area contributed by atoms with Gasteiger partial charge in [0.25, 0.3) is 0 Å². The third kappa shape index (κ3) is 4.17. The molecule has 2 heterocycles. The number of benzene rings is 1. The molecule has 3 N–H and O–H groups in total. The van der Waals surface area contributed by atoms with E-state index in [-0.39, 0.29) is 16.3 Å². The van der Waals surface area contributed by atoms with Crippen molar-refractivity contribution in [2.75, 3.05) is 6.54 Å². The van der Waals surface area contributed by atoms with Gasteiger partial charge in [-0.2, -0.15) is 4.72 Å². The van der Waals surface area contributed by atoms with Gasteiger partial charge in [-0.3, -0.25) is 4.79 Å². The molecule has 3 rings (SSSR count). The molecule has 1 aromatic carbocycles. The Morgan fingerprint density at radius 1 is 1.30 bits per heavy atom. The first kappa shape index (κ1) is 19.1. The van der Waals surface area contributed by atoms with Crippen LogP contribution in [-0.2, 0) is 21.2 Å². The largest absolute Gasteiger partial charge is 0.360 e. The monoisotopic (exact) mass is 391 g/mol. The molecule has 0 fully saturated rings. The van der Waals surface area contributed by atoms with Crippen LogP contribution in [0, 0.1) is 13.8 Å². The van der Waals surface area contributed by atoms with Crippen molar-refractivity contribution in [3.8, 4) is 0 Å². The molecule has 0 aliphatic carbocycles. The number of para-hydroxylation sites is 2. The number of fused-ring (bicyclic) bond motifs is 1. The van der Waals surface area contributed by atoms with Gasteiger partial charge in [-0.15, -0.1) is 0 Å². The normalized spacial score (nSPS) is 13.0. The molecule has 9 nitrogen and oxygen atoms in total. The molecule has 0 aliphatic rings. The van der Waals surface area contributed by atoms with E-state index in [0.717, 1.165) is 16.9 Å². The summed E-state index contributed by atoms with van der Waals surface area (Å²) < 4.78 is 32.1. The van der Waals surface area contributed by atoms with Crippen LogP contribution >= 0.6 is 0 Å². The van der Waals surface area contributed by atoms with E-state index in [2.05, 4.69) is 25.2 Å². The Kier molecular flexibility index (Phi) is 5.29. The van der Waals surface area contributed by atoms with Crippen LogP contribution in [0.15, 0.2) is 33.7 Å². The molecule has 1 atom stereocenters. The van der Waals surface area contributed by atoms with Gasteiger partial charge in [0.2, 0.25) is 15.9 Å². The molecule has 0 aliphatic heterocycles. The average Bonchev–Trinajstić information content (AvgIpc) is 3.17. The Morgan fingerprint density at radius 3 is 2.70 bits per heavy atom. The minimum atomic E-state index is -3.90. The van der Waals surface area contributed by atoms with Crippen LogP contribution in [0.2, 0.25) is 0 Å². The third-order valence-electron chi connectivity index (χ3n) is 4.06. The SMILES string of the molecule is Cc1noc(C)c1S(=O)(=O)N[C@@H](C)C(=O)NCCc1nc2ccccc2[nH]1. The Bertz CT molecular complexity index is 1020. The highest BCUT2D eigenvalue weighted by atomic mass is 32.2. The lowest BCUT2D eigenvalue weighted by Crippen LogP contribution is -2.45. The number of aryl methyl sites for hydroxylation is 2.